The molecule has 3 atom stereocenters. The van der Waals surface area contributed by atoms with Crippen molar-refractivity contribution in [2.75, 3.05) is 0 Å². The van der Waals surface area contributed by atoms with Gasteiger partial charge in [-0.1, -0.05) is 34.8 Å². The predicted octanol–water partition coefficient (Wildman–Crippen LogP) is 5.37. The molecule has 0 aliphatic rings. The zero-order valence-corrected chi connectivity index (χ0v) is 12.2. The van der Waals surface area contributed by atoms with Crippen LogP contribution in [0, 0.1) is 0 Å². The highest BCUT2D eigenvalue weighted by Gasteiger charge is 2.26. The summed E-state index contributed by atoms with van der Waals surface area (Å²) < 4.78 is -1.31. The minimum Gasteiger partial charge on any atom is -0.123 e. The van der Waals surface area contributed by atoms with Crippen LogP contribution in [0.4, 0.5) is 0 Å². The monoisotopic (exact) mass is 318 g/mol. The molecule has 14 heavy (non-hydrogen) atoms. The molecule has 0 N–H and O–H groups in total. The molecule has 0 heterocycles. The van der Waals surface area contributed by atoms with E-state index in [1.165, 1.54) is 0 Å². The van der Waals surface area contributed by atoms with Crippen LogP contribution in [0.5, 0.6) is 0 Å². The molecule has 0 spiro atoms. The van der Waals surface area contributed by atoms with Crippen LogP contribution < -0.4 is 0 Å². The van der Waals surface area contributed by atoms with E-state index in [2.05, 4.69) is 0 Å². The van der Waals surface area contributed by atoms with E-state index in [1.54, 1.807) is 0 Å². The second-order valence-corrected chi connectivity index (χ2v) is 7.76. The topological polar surface area (TPSA) is 0 Å². The number of alkyl halides is 6. The fourth-order valence-corrected chi connectivity index (χ4v) is 3.18. The third kappa shape index (κ3) is 10.3. The molecular weight excluding hydrogens is 309 g/mol. The molecule has 0 aliphatic heterocycles. The Balaban J connectivity index is 3.76. The summed E-state index contributed by atoms with van der Waals surface area (Å²) in [6.45, 7) is 1.88. The van der Waals surface area contributed by atoms with Gasteiger partial charge in [-0.2, -0.15) is 0 Å². The largest absolute Gasteiger partial charge is 0.192 e. The van der Waals surface area contributed by atoms with Crippen LogP contribution in [-0.2, 0) is 0 Å². The third-order valence-corrected chi connectivity index (χ3v) is 2.87. The average molecular weight is 321 g/mol. The van der Waals surface area contributed by atoms with Crippen molar-refractivity contribution in [3.05, 3.63) is 0 Å². The van der Waals surface area contributed by atoms with Crippen LogP contribution in [0.1, 0.15) is 26.2 Å². The fraction of sp³-hybridized carbons (Fsp3) is 1.00. The van der Waals surface area contributed by atoms with E-state index in [9.17, 15) is 0 Å². The minimum atomic E-state index is -1.31. The molecule has 6 heteroatoms. The van der Waals surface area contributed by atoms with Gasteiger partial charge >= 0.3 is 0 Å². The Bertz CT molecular complexity index is 152. The first-order chi connectivity index (χ1) is 6.20. The van der Waals surface area contributed by atoms with Crippen molar-refractivity contribution in [2.24, 2.45) is 0 Å². The molecule has 0 aliphatic carbocycles. The van der Waals surface area contributed by atoms with E-state index >= 15 is 0 Å². The van der Waals surface area contributed by atoms with E-state index in [-0.39, 0.29) is 16.1 Å². The van der Waals surface area contributed by atoms with Crippen molar-refractivity contribution in [2.45, 2.75) is 46.1 Å². The van der Waals surface area contributed by atoms with Gasteiger partial charge in [-0.25, -0.2) is 0 Å². The van der Waals surface area contributed by atoms with Gasteiger partial charge in [0.2, 0.25) is 0 Å². The second-order valence-electron chi connectivity index (χ2n) is 3.27. The van der Waals surface area contributed by atoms with Crippen LogP contribution in [0.15, 0.2) is 0 Å². The van der Waals surface area contributed by atoms with Gasteiger partial charge in [0, 0.05) is 22.6 Å². The molecule has 0 saturated heterocycles. The third-order valence-electron chi connectivity index (χ3n) is 1.54. The number of rotatable bonds is 5. The van der Waals surface area contributed by atoms with Gasteiger partial charge < -0.3 is 0 Å². The quantitative estimate of drug-likeness (QED) is 0.597. The molecule has 0 radical (unpaired) electrons. The van der Waals surface area contributed by atoms with E-state index in [4.69, 9.17) is 69.6 Å². The molecule has 0 bridgehead atoms. The van der Waals surface area contributed by atoms with Gasteiger partial charge in [-0.3, -0.25) is 0 Å². The standard InChI is InChI=1S/C8H12Cl6/c1-5(9)2-6(10)3-7(11)4-8(12,13)14/h5-7H,2-4H2,1H3. The van der Waals surface area contributed by atoms with Gasteiger partial charge in [-0.05, 0) is 19.8 Å². The number of halogens is 6. The molecule has 0 amide bonds. The molecule has 0 saturated carbocycles. The van der Waals surface area contributed by atoms with Gasteiger partial charge in [0.15, 0.2) is 3.79 Å². The highest BCUT2D eigenvalue weighted by Crippen LogP contribution is 2.35. The van der Waals surface area contributed by atoms with E-state index in [0.717, 1.165) is 0 Å². The maximum atomic E-state index is 6.00. The normalized spacial score (nSPS) is 19.1. The predicted molar refractivity (Wildman–Crippen MR) is 68.7 cm³/mol. The minimum absolute atomic E-state index is 0.0362. The lowest BCUT2D eigenvalue weighted by molar-refractivity contribution is 0.629. The number of hydrogen-bond acceptors (Lipinski definition) is 0. The highest BCUT2D eigenvalue weighted by molar-refractivity contribution is 6.67. The zero-order chi connectivity index (χ0) is 11.4. The Hall–Kier alpha value is 1.74. The summed E-state index contributed by atoms with van der Waals surface area (Å²) in [6, 6.07) is 0. The molecule has 0 aromatic rings. The Morgan fingerprint density at radius 1 is 0.929 bits per heavy atom. The van der Waals surface area contributed by atoms with Crippen molar-refractivity contribution < 1.29 is 0 Å². The molecule has 0 nitrogen and oxygen atoms in total. The SMILES string of the molecule is CC(Cl)CC(Cl)CC(Cl)CC(Cl)(Cl)Cl. The molecule has 86 valence electrons. The van der Waals surface area contributed by atoms with Crippen molar-refractivity contribution in [1.82, 2.24) is 0 Å². The zero-order valence-electron chi connectivity index (χ0n) is 7.62. The van der Waals surface area contributed by atoms with Crippen LogP contribution in [0.25, 0.3) is 0 Å². The Labute approximate surface area is 115 Å². The van der Waals surface area contributed by atoms with Gasteiger partial charge in [0.05, 0.1) is 0 Å². The average Bonchev–Trinajstić information content (AvgIpc) is 1.77. The summed E-state index contributed by atoms with van der Waals surface area (Å²) in [5, 5.41) is -0.271. The second kappa shape index (κ2) is 7.14. The van der Waals surface area contributed by atoms with Crippen LogP contribution in [0.3, 0.4) is 0 Å². The van der Waals surface area contributed by atoms with Crippen molar-refractivity contribution in [3.63, 3.8) is 0 Å². The lowest BCUT2D eigenvalue weighted by Gasteiger charge is -2.18. The Morgan fingerprint density at radius 3 is 1.79 bits per heavy atom. The molecule has 0 aromatic heterocycles. The molecule has 0 aromatic carbocycles. The lowest BCUT2D eigenvalue weighted by Crippen LogP contribution is -2.17. The van der Waals surface area contributed by atoms with Crippen molar-refractivity contribution in [3.8, 4) is 0 Å². The van der Waals surface area contributed by atoms with E-state index in [0.29, 0.717) is 19.3 Å². The summed E-state index contributed by atoms with van der Waals surface area (Å²) >= 11 is 34.5. The molecule has 0 fully saturated rings. The maximum absolute atomic E-state index is 6.00. The van der Waals surface area contributed by atoms with Crippen molar-refractivity contribution in [1.29, 1.82) is 0 Å². The van der Waals surface area contributed by atoms with Gasteiger partial charge in [-0.15, -0.1) is 34.8 Å². The first-order valence-corrected chi connectivity index (χ1v) is 6.64. The van der Waals surface area contributed by atoms with E-state index < -0.39 is 3.79 Å². The first-order valence-electron chi connectivity index (χ1n) is 4.19. The summed E-state index contributed by atoms with van der Waals surface area (Å²) in [6.07, 6.45) is 1.58. The van der Waals surface area contributed by atoms with Crippen LogP contribution in [0.2, 0.25) is 0 Å². The molecule has 0 rings (SSSR count). The summed E-state index contributed by atoms with van der Waals surface area (Å²) in [5.74, 6) is 0. The smallest absolute Gasteiger partial charge is 0.123 e. The highest BCUT2D eigenvalue weighted by atomic mass is 35.6. The summed E-state index contributed by atoms with van der Waals surface area (Å²) in [4.78, 5) is 0. The Morgan fingerprint density at radius 2 is 1.43 bits per heavy atom. The maximum Gasteiger partial charge on any atom is 0.192 e. The van der Waals surface area contributed by atoms with Crippen molar-refractivity contribution >= 4 is 69.6 Å². The molecular formula is C8H12Cl6. The molecule has 3 unspecified atom stereocenters. The Kier molecular flexibility index (Phi) is 8.03. The lowest BCUT2D eigenvalue weighted by atomic mass is 10.1. The summed E-state index contributed by atoms with van der Waals surface area (Å²) in [5.41, 5.74) is 0. The number of hydrogen-bond donors (Lipinski definition) is 0. The first kappa shape index (κ1) is 15.7. The van der Waals surface area contributed by atoms with Crippen LogP contribution in [-0.4, -0.2) is 19.9 Å². The summed E-state index contributed by atoms with van der Waals surface area (Å²) in [7, 11) is 0. The van der Waals surface area contributed by atoms with Crippen LogP contribution >= 0.6 is 69.6 Å². The van der Waals surface area contributed by atoms with Gasteiger partial charge in [0.1, 0.15) is 0 Å². The fourth-order valence-electron chi connectivity index (χ4n) is 1.06. The van der Waals surface area contributed by atoms with Gasteiger partial charge in [0.25, 0.3) is 0 Å². The van der Waals surface area contributed by atoms with E-state index in [1.807, 2.05) is 6.92 Å².